The Morgan fingerprint density at radius 3 is 1.52 bits per heavy atom. The third-order valence-corrected chi connectivity index (χ3v) is 6.16. The van der Waals surface area contributed by atoms with Gasteiger partial charge in [0.05, 0.1) is 5.69 Å². The van der Waals surface area contributed by atoms with Gasteiger partial charge in [-0.05, 0) is 18.2 Å². The van der Waals surface area contributed by atoms with Crippen LogP contribution in [0.15, 0.2) is 133 Å². The van der Waals surface area contributed by atoms with E-state index in [1.807, 2.05) is 24.3 Å². The Morgan fingerprint density at radius 2 is 0.939 bits per heavy atom. The van der Waals surface area contributed by atoms with E-state index in [1.54, 1.807) is 0 Å². The van der Waals surface area contributed by atoms with Crippen molar-refractivity contribution in [2.24, 2.45) is 0 Å². The van der Waals surface area contributed by atoms with Crippen LogP contribution in [-0.2, 0) is 0 Å². The number of hydrogen-bond acceptors (Lipinski definition) is 2. The van der Waals surface area contributed by atoms with Crippen molar-refractivity contribution in [1.82, 2.24) is 4.48 Å². The van der Waals surface area contributed by atoms with Crippen LogP contribution >= 0.6 is 0 Å². The topological polar surface area (TPSA) is 21.3 Å². The van der Waals surface area contributed by atoms with E-state index in [2.05, 4.69) is 115 Å². The Morgan fingerprint density at radius 1 is 0.455 bits per heavy atom. The van der Waals surface area contributed by atoms with Gasteiger partial charge in [-0.2, -0.15) is 4.48 Å². The van der Waals surface area contributed by atoms with Crippen molar-refractivity contribution in [2.75, 3.05) is 5.32 Å². The summed E-state index contributed by atoms with van der Waals surface area (Å²) < 4.78 is 6.77. The van der Waals surface area contributed by atoms with Crippen LogP contribution < -0.4 is 14.5 Å². The molecule has 0 atom stereocenters. The zero-order chi connectivity index (χ0) is 22.1. The molecule has 0 saturated heterocycles. The number of fused-ring (bicyclic) bond motifs is 2. The maximum atomic E-state index is 6.35. The lowest BCUT2D eigenvalue weighted by Crippen LogP contribution is -2.34. The minimum Gasteiger partial charge on any atom is -0.453 e. The second-order valence-corrected chi connectivity index (χ2v) is 8.05. The van der Waals surface area contributed by atoms with Gasteiger partial charge >= 0.3 is 0 Å². The average molecular weight is 428 g/mol. The van der Waals surface area contributed by atoms with Crippen molar-refractivity contribution >= 4 is 34.1 Å². The molecule has 0 fully saturated rings. The molecular weight excluding hydrogens is 404 g/mol. The summed E-state index contributed by atoms with van der Waals surface area (Å²) in [4.78, 5) is 0. The molecule has 1 aliphatic heterocycles. The van der Waals surface area contributed by atoms with Gasteiger partial charge in [-0.15, -0.1) is 0 Å². The largest absolute Gasteiger partial charge is 0.453 e. The number of hydrogen-bond donors (Lipinski definition) is 1. The van der Waals surface area contributed by atoms with Crippen LogP contribution in [0.2, 0.25) is 0 Å². The molecule has 6 rings (SSSR count). The molecule has 3 heteroatoms. The third-order valence-electron chi connectivity index (χ3n) is 6.16. The molecule has 3 nitrogen and oxygen atoms in total. The highest BCUT2D eigenvalue weighted by atomic mass is 16.5. The number of nitrogens with one attached hydrogen (secondary N) is 1. The summed E-state index contributed by atoms with van der Waals surface area (Å²) in [5.41, 5.74) is 6.44. The molecule has 0 bridgehead atoms. The molecule has 1 N–H and O–H groups in total. The van der Waals surface area contributed by atoms with Crippen molar-refractivity contribution in [3.05, 3.63) is 133 Å². The van der Waals surface area contributed by atoms with E-state index < -0.39 is 0 Å². The van der Waals surface area contributed by atoms with Gasteiger partial charge in [-0.1, -0.05) is 72.8 Å². The van der Waals surface area contributed by atoms with Crippen LogP contribution in [-0.4, -0.2) is 0 Å². The molecule has 0 spiro atoms. The summed E-state index contributed by atoms with van der Waals surface area (Å²) in [7, 11) is 0. The third kappa shape index (κ3) is 3.10. The first kappa shape index (κ1) is 19.4. The average Bonchev–Trinajstić information content (AvgIpc) is 2.90. The van der Waals surface area contributed by atoms with Crippen LogP contribution in [0.1, 0.15) is 0 Å². The zero-order valence-electron chi connectivity index (χ0n) is 18.1. The van der Waals surface area contributed by atoms with Gasteiger partial charge < -0.3 is 10.1 Å². The van der Waals surface area contributed by atoms with E-state index in [1.165, 1.54) is 0 Å². The Bertz CT molecular complexity index is 1300. The van der Waals surface area contributed by atoms with Crippen LogP contribution in [0.25, 0.3) is 0 Å². The molecule has 1 heterocycles. The van der Waals surface area contributed by atoms with Crippen LogP contribution in [0.5, 0.6) is 11.5 Å². The molecule has 1 aliphatic rings. The van der Waals surface area contributed by atoms with Gasteiger partial charge in [0.1, 0.15) is 22.7 Å². The van der Waals surface area contributed by atoms with E-state index in [9.17, 15) is 0 Å². The lowest BCUT2D eigenvalue weighted by Gasteiger charge is -2.39. The highest BCUT2D eigenvalue weighted by Gasteiger charge is 2.42. The minimum absolute atomic E-state index is 0.421. The predicted molar refractivity (Wildman–Crippen MR) is 136 cm³/mol. The van der Waals surface area contributed by atoms with E-state index in [0.717, 1.165) is 45.6 Å². The molecule has 5 aromatic carbocycles. The monoisotopic (exact) mass is 427 g/mol. The number of para-hydroxylation sites is 6. The lowest BCUT2D eigenvalue weighted by atomic mass is 10.0. The van der Waals surface area contributed by atoms with Crippen molar-refractivity contribution in [3.8, 4) is 11.5 Å². The van der Waals surface area contributed by atoms with Crippen LogP contribution in [0.4, 0.5) is 34.1 Å². The molecule has 5 aromatic rings. The molecule has 0 aliphatic carbocycles. The molecule has 0 radical (unpaired) electrons. The van der Waals surface area contributed by atoms with Gasteiger partial charge in [0, 0.05) is 42.5 Å². The Kier molecular flexibility index (Phi) is 4.68. The molecule has 158 valence electrons. The smallest absolute Gasteiger partial charge is 0.175 e. The normalized spacial score (nSPS) is 12.1. The van der Waals surface area contributed by atoms with Gasteiger partial charge in [0.2, 0.25) is 0 Å². The van der Waals surface area contributed by atoms with Crippen LogP contribution in [0.3, 0.4) is 0 Å². The number of nitrogens with zero attached hydrogens (tertiary/aromatic N) is 1. The molecule has 0 unspecified atom stereocenters. The Balaban J connectivity index is 1.71. The van der Waals surface area contributed by atoms with Crippen molar-refractivity contribution in [1.29, 1.82) is 0 Å². The highest BCUT2D eigenvalue weighted by molar-refractivity contribution is 5.93. The number of quaternary nitrogens is 1. The second-order valence-electron chi connectivity index (χ2n) is 8.05. The maximum absolute atomic E-state index is 6.35. The van der Waals surface area contributed by atoms with E-state index >= 15 is 0 Å². The standard InChI is InChI=1S/C30H23N2O/c1-4-13-23(14-5-1)32(24-15-6-2-7-16-24,25-17-8-3-9-18-25)27-20-12-22-29-30(27)31-26-19-10-11-21-28(26)33-29/h1-22,31H/q+1. The SMILES string of the molecule is c1ccc([N+](c2ccccc2)(c2ccccc2)c2cccc3c2Nc2ccccc2O3)cc1. The first-order valence-corrected chi connectivity index (χ1v) is 11.1. The summed E-state index contributed by atoms with van der Waals surface area (Å²) in [6.07, 6.45) is 0. The Hall–Kier alpha value is -4.34. The van der Waals surface area contributed by atoms with Gasteiger partial charge in [-0.3, -0.25) is 0 Å². The molecule has 33 heavy (non-hydrogen) atoms. The zero-order valence-corrected chi connectivity index (χ0v) is 18.1. The second kappa shape index (κ2) is 7.97. The number of rotatable bonds is 4. The first-order valence-electron chi connectivity index (χ1n) is 11.1. The van der Waals surface area contributed by atoms with Crippen molar-refractivity contribution in [3.63, 3.8) is 0 Å². The molecule has 0 saturated carbocycles. The summed E-state index contributed by atoms with van der Waals surface area (Å²) >= 11 is 0. The van der Waals surface area contributed by atoms with Gasteiger partial charge in [-0.25, -0.2) is 0 Å². The summed E-state index contributed by atoms with van der Waals surface area (Å²) in [5, 5.41) is 3.68. The van der Waals surface area contributed by atoms with Crippen LogP contribution in [0, 0.1) is 0 Å². The number of benzene rings is 5. The number of ether oxygens (including phenoxy) is 1. The number of anilines is 2. The highest BCUT2D eigenvalue weighted by Crippen LogP contribution is 2.57. The molecule has 0 amide bonds. The Labute approximate surface area is 193 Å². The maximum Gasteiger partial charge on any atom is 0.175 e. The fourth-order valence-electron chi connectivity index (χ4n) is 4.74. The quantitative estimate of drug-likeness (QED) is 0.284. The molecule has 0 aromatic heterocycles. The van der Waals surface area contributed by atoms with Gasteiger partial charge in [0.25, 0.3) is 0 Å². The fraction of sp³-hybridized carbons (Fsp3) is 0. The van der Waals surface area contributed by atoms with E-state index in [4.69, 9.17) is 4.74 Å². The first-order chi connectivity index (χ1) is 16.4. The van der Waals surface area contributed by atoms with E-state index in [0.29, 0.717) is 4.48 Å². The minimum atomic E-state index is 0.421. The fourth-order valence-corrected chi connectivity index (χ4v) is 4.74. The van der Waals surface area contributed by atoms with Gasteiger partial charge in [0.15, 0.2) is 17.2 Å². The van der Waals surface area contributed by atoms with Crippen molar-refractivity contribution < 1.29 is 4.74 Å². The summed E-state index contributed by atoms with van der Waals surface area (Å²) in [5.74, 6) is 1.65. The lowest BCUT2D eigenvalue weighted by molar-refractivity contribution is 0.480. The summed E-state index contributed by atoms with van der Waals surface area (Å²) in [6, 6.07) is 46.3. The summed E-state index contributed by atoms with van der Waals surface area (Å²) in [6.45, 7) is 0. The van der Waals surface area contributed by atoms with Crippen molar-refractivity contribution in [2.45, 2.75) is 0 Å². The predicted octanol–water partition coefficient (Wildman–Crippen LogP) is 8.84. The van der Waals surface area contributed by atoms with E-state index in [-0.39, 0.29) is 0 Å². The molecular formula is C30H23N2O+.